The first-order valence-electron chi connectivity index (χ1n) is 22.0. The second-order valence-corrected chi connectivity index (χ2v) is 20.0. The summed E-state index contributed by atoms with van der Waals surface area (Å²) in [6, 6.07) is 38.0. The number of nitrogens with zero attached hydrogens (tertiary/aromatic N) is 2. The normalized spacial score (nSPS) is 10.7. The third kappa shape index (κ3) is 21.7. The molecule has 0 saturated carbocycles. The number of aromatic carboxylic acids is 3. The molecule has 0 spiro atoms. The zero-order valence-electron chi connectivity index (χ0n) is 41.5. The van der Waals surface area contributed by atoms with Crippen molar-refractivity contribution in [3.8, 4) is 9.75 Å². The van der Waals surface area contributed by atoms with Crippen LogP contribution in [0.3, 0.4) is 0 Å². The van der Waals surface area contributed by atoms with Crippen molar-refractivity contribution in [3.63, 3.8) is 0 Å². The molecule has 4 heterocycles. The van der Waals surface area contributed by atoms with E-state index in [1.54, 1.807) is 41.7 Å². The number of aliphatic hydroxyl groups excluding tert-OH is 4. The molecule has 0 atom stereocenters. The van der Waals surface area contributed by atoms with Gasteiger partial charge in [0.25, 0.3) is 0 Å². The molecule has 0 aliphatic heterocycles. The molecule has 7 rings (SSSR count). The summed E-state index contributed by atoms with van der Waals surface area (Å²) < 4.78 is 0. The van der Waals surface area contributed by atoms with E-state index in [0.717, 1.165) is 58.0 Å². The van der Waals surface area contributed by atoms with Gasteiger partial charge in [-0.3, -0.25) is 0 Å². The van der Waals surface area contributed by atoms with Gasteiger partial charge in [-0.25, -0.2) is 0 Å². The summed E-state index contributed by atoms with van der Waals surface area (Å²) >= 11 is 5.20. The van der Waals surface area contributed by atoms with Crippen LogP contribution in [0.5, 0.6) is 0 Å². The Morgan fingerprint density at radius 3 is 1.21 bits per heavy atom. The summed E-state index contributed by atoms with van der Waals surface area (Å²) in [7, 11) is 4.00. The number of aliphatic hydroxyl groups is 4. The number of anilines is 2. The van der Waals surface area contributed by atoms with Gasteiger partial charge in [0.15, 0.2) is 0 Å². The third-order valence-corrected chi connectivity index (χ3v) is 14.8. The van der Waals surface area contributed by atoms with E-state index >= 15 is 0 Å². The maximum atomic E-state index is 10.9. The van der Waals surface area contributed by atoms with E-state index in [2.05, 4.69) is 0 Å². The summed E-state index contributed by atoms with van der Waals surface area (Å²) in [5.41, 5.74) is 6.33. The Morgan fingerprint density at radius 2 is 0.822 bits per heavy atom. The van der Waals surface area contributed by atoms with Crippen molar-refractivity contribution in [2.45, 2.75) is 18.8 Å². The Kier molecular flexibility index (Phi) is 31.0. The monoisotopic (exact) mass is 1070 g/mol. The molecule has 0 saturated heterocycles. The Balaban J connectivity index is 0.000000374. The average molecular weight is 1070 g/mol. The number of rotatable bonds is 21. The molecule has 4 N–H and O–H groups in total. The fraction of sp³-hybridized carbons (Fsp3) is 0.204. The molecule has 12 nitrogen and oxygen atoms in total. The molecule has 4 aromatic heterocycles. The van der Waals surface area contributed by atoms with Crippen molar-refractivity contribution >= 4 is 111 Å². The molecule has 0 aliphatic carbocycles. The van der Waals surface area contributed by atoms with Gasteiger partial charge in [-0.2, -0.15) is 0 Å². The summed E-state index contributed by atoms with van der Waals surface area (Å²) in [4.78, 5) is 41.8. The number of carbonyl (C=O) groups is 3. The van der Waals surface area contributed by atoms with Crippen molar-refractivity contribution in [2.75, 3.05) is 63.4 Å². The van der Waals surface area contributed by atoms with Crippen LogP contribution < -0.4 is 103 Å². The largest absolute Gasteiger partial charge is 1.00 e. The van der Waals surface area contributed by atoms with Gasteiger partial charge >= 0.3 is 78.0 Å². The van der Waals surface area contributed by atoms with Crippen LogP contribution in [0.1, 0.15) is 84.7 Å². The predicted octanol–water partition coefficient (Wildman–Crippen LogP) is -1.71. The Hall–Kier alpha value is -3.87. The van der Waals surface area contributed by atoms with Gasteiger partial charge in [-0.1, -0.05) is 66.8 Å². The Labute approximate surface area is 498 Å². The molecule has 19 heteroatoms. The number of carboxylic acids is 3. The fourth-order valence-electron chi connectivity index (χ4n) is 6.75. The predicted molar refractivity (Wildman–Crippen MR) is 282 cm³/mol. The van der Waals surface area contributed by atoms with Gasteiger partial charge in [-0.15, -0.1) is 45.3 Å². The zero-order valence-corrected chi connectivity index (χ0v) is 48.8. The van der Waals surface area contributed by atoms with Crippen LogP contribution in [0, 0.1) is 0 Å². The molecular weight excluding hydrogens is 1020 g/mol. The summed E-state index contributed by atoms with van der Waals surface area (Å²) in [5, 5.41) is 68.8. The quantitative estimate of drug-likeness (QED) is 0.0595. The van der Waals surface area contributed by atoms with Crippen LogP contribution in [0.25, 0.3) is 46.2 Å². The van der Waals surface area contributed by atoms with E-state index in [1.165, 1.54) is 40.1 Å². The standard InChI is InChI=1S/C21H21NO4S2.C18H20O4S.C15H15NO2S.Li.2Na/c23-13-11-22(12-14-24)16-4-1-15(2-5-16)3-6-17-7-8-18(27-17)19-9-10-20(28-19)21(25)26;19-11-9-15(10-12-20)14-4-1-13(2-5-14)3-6-16-7-8-17(23-16)18(21)22;1-16(2)12-6-3-11(4-7-12)5-8-13-9-10-14(19-13)15(17)18;;;/h1-10,23-24H,11-14H2,(H,25,26);1-8,15,19-20H,9-12H2,(H,21,22);3-10H,1-2H3,(H,17,18);;;/q;;;3*+1/p-3/b2*6-3+;8-5+;;;. The number of carbonyl (C=O) groups excluding carboxylic acids is 3. The molecule has 0 aliphatic rings. The first kappa shape index (κ1) is 65.2. The first-order chi connectivity index (χ1) is 33.8. The van der Waals surface area contributed by atoms with Crippen LogP contribution in [0.2, 0.25) is 0 Å². The van der Waals surface area contributed by atoms with Crippen LogP contribution in [0.4, 0.5) is 11.4 Å². The van der Waals surface area contributed by atoms with Crippen LogP contribution >= 0.6 is 45.3 Å². The fourth-order valence-corrected chi connectivity index (χ4v) is 10.1. The Morgan fingerprint density at radius 1 is 0.466 bits per heavy atom. The number of hydrogen-bond acceptors (Lipinski definition) is 16. The molecule has 0 unspecified atom stereocenters. The van der Waals surface area contributed by atoms with Crippen molar-refractivity contribution < 1.29 is 128 Å². The minimum absolute atomic E-state index is 0. The van der Waals surface area contributed by atoms with Crippen molar-refractivity contribution in [1.82, 2.24) is 0 Å². The van der Waals surface area contributed by atoms with Crippen LogP contribution in [-0.4, -0.2) is 91.9 Å². The number of carboxylic acid groups (broad SMARTS) is 3. The molecule has 7 aromatic rings. The molecule has 73 heavy (non-hydrogen) atoms. The number of hydrogen-bond donors (Lipinski definition) is 4. The average Bonchev–Trinajstić information content (AvgIpc) is 4.21. The number of benzene rings is 3. The summed E-state index contributed by atoms with van der Waals surface area (Å²) in [6.45, 7) is 1.25. The van der Waals surface area contributed by atoms with Crippen molar-refractivity contribution in [3.05, 3.63) is 173 Å². The van der Waals surface area contributed by atoms with Gasteiger partial charge < -0.3 is 59.9 Å². The van der Waals surface area contributed by atoms with Gasteiger partial charge in [0.2, 0.25) is 0 Å². The van der Waals surface area contributed by atoms with E-state index in [9.17, 15) is 29.7 Å². The van der Waals surface area contributed by atoms with Gasteiger partial charge in [0.05, 0.1) is 45.8 Å². The summed E-state index contributed by atoms with van der Waals surface area (Å²) in [5.74, 6) is -3.27. The van der Waals surface area contributed by atoms with Crippen LogP contribution in [-0.2, 0) is 0 Å². The van der Waals surface area contributed by atoms with Gasteiger partial charge in [-0.05, 0) is 132 Å². The molecule has 0 fully saturated rings. The molecule has 0 amide bonds. The molecule has 0 radical (unpaired) electrons. The summed E-state index contributed by atoms with van der Waals surface area (Å²) in [6.07, 6.45) is 13.0. The smallest absolute Gasteiger partial charge is 0.544 e. The number of thiophene rings is 4. The molecule has 0 bridgehead atoms. The van der Waals surface area contributed by atoms with E-state index < -0.39 is 17.9 Å². The molecule has 3 aromatic carbocycles. The zero-order chi connectivity index (χ0) is 50.4. The molecular formula is C54H53LiN2Na2O10S4. The van der Waals surface area contributed by atoms with E-state index in [4.69, 9.17) is 20.4 Å². The van der Waals surface area contributed by atoms with E-state index in [-0.39, 0.29) is 125 Å². The minimum Gasteiger partial charge on any atom is -0.544 e. The third-order valence-electron chi connectivity index (χ3n) is 10.4. The second-order valence-electron chi connectivity index (χ2n) is 15.5. The maximum absolute atomic E-state index is 10.9. The SMILES string of the molecule is CN(C)c1ccc(/C=C/c2ccc(C(=O)[O-])s2)cc1.O=C([O-])c1ccc(-c2ccc(/C=C/c3ccc(N(CCO)CCO)cc3)s2)s1.O=C([O-])c1ccc(/C=C/c2ccc(C(CCO)CCO)cc2)s1.[Li+].[Na+].[Na+]. The van der Waals surface area contributed by atoms with Crippen molar-refractivity contribution in [2.24, 2.45) is 0 Å². The second kappa shape index (κ2) is 34.6. The van der Waals surface area contributed by atoms with E-state index in [1.807, 2.05) is 145 Å². The Bertz CT molecular complexity index is 2810. The minimum atomic E-state index is -1.15. The van der Waals surface area contributed by atoms with Gasteiger partial charge in [0.1, 0.15) is 0 Å². The first-order valence-corrected chi connectivity index (χ1v) is 25.3. The van der Waals surface area contributed by atoms with E-state index in [0.29, 0.717) is 25.9 Å². The molecule has 366 valence electrons. The van der Waals surface area contributed by atoms with Gasteiger partial charge in [0, 0.05) is 76.2 Å². The van der Waals surface area contributed by atoms with Crippen LogP contribution in [0.15, 0.2) is 121 Å². The topological polar surface area (TPSA) is 208 Å². The van der Waals surface area contributed by atoms with Crippen molar-refractivity contribution in [1.29, 1.82) is 0 Å². The maximum Gasteiger partial charge on any atom is 1.00 e.